The molecule has 1 aromatic rings. The molecule has 0 unspecified atom stereocenters. The lowest BCUT2D eigenvalue weighted by atomic mass is 9.73. The van der Waals surface area contributed by atoms with Crippen LogP contribution in [0.15, 0.2) is 35.9 Å². The minimum atomic E-state index is -0.452. The maximum Gasteiger partial charge on any atom is 0.308 e. The molecule has 0 spiro atoms. The van der Waals surface area contributed by atoms with Gasteiger partial charge in [0.1, 0.15) is 11.5 Å². The Morgan fingerprint density at radius 2 is 1.66 bits per heavy atom. The first-order valence-corrected chi connectivity index (χ1v) is 10.0. The Balaban J connectivity index is 2.73. The third kappa shape index (κ3) is 5.66. The summed E-state index contributed by atoms with van der Waals surface area (Å²) >= 11 is 0. The Hall–Kier alpha value is -2.69. The van der Waals surface area contributed by atoms with E-state index in [9.17, 15) is 14.4 Å². The van der Waals surface area contributed by atoms with Crippen LogP contribution in [0.5, 0.6) is 11.5 Å². The predicted octanol–water partition coefficient (Wildman–Crippen LogP) is 5.07. The van der Waals surface area contributed by atoms with Crippen molar-refractivity contribution in [3.63, 3.8) is 0 Å². The summed E-state index contributed by atoms with van der Waals surface area (Å²) in [6, 6.07) is 3.68. The molecule has 0 aromatic heterocycles. The van der Waals surface area contributed by atoms with Crippen molar-refractivity contribution in [2.75, 3.05) is 0 Å². The highest BCUT2D eigenvalue weighted by molar-refractivity contribution is 5.96. The maximum atomic E-state index is 12.3. The molecule has 5 heteroatoms. The van der Waals surface area contributed by atoms with E-state index in [0.29, 0.717) is 29.1 Å². The van der Waals surface area contributed by atoms with Gasteiger partial charge in [0.2, 0.25) is 0 Å². The van der Waals surface area contributed by atoms with Crippen LogP contribution >= 0.6 is 0 Å². The van der Waals surface area contributed by atoms with Crippen molar-refractivity contribution in [1.29, 1.82) is 0 Å². The van der Waals surface area contributed by atoms with Gasteiger partial charge in [-0.3, -0.25) is 14.4 Å². The average Bonchev–Trinajstić information content (AvgIpc) is 2.61. The van der Waals surface area contributed by atoms with Gasteiger partial charge in [-0.1, -0.05) is 31.6 Å². The number of ketones is 1. The summed E-state index contributed by atoms with van der Waals surface area (Å²) in [5, 5.41) is 0. The second-order valence-electron chi connectivity index (χ2n) is 7.75. The number of esters is 2. The second kappa shape index (κ2) is 9.68. The largest absolute Gasteiger partial charge is 0.426 e. The van der Waals surface area contributed by atoms with Crippen LogP contribution in [0.2, 0.25) is 0 Å². The van der Waals surface area contributed by atoms with Crippen LogP contribution in [-0.4, -0.2) is 17.7 Å². The third-order valence-electron chi connectivity index (χ3n) is 5.16. The van der Waals surface area contributed by atoms with Crippen molar-refractivity contribution in [2.24, 2.45) is 5.92 Å². The van der Waals surface area contributed by atoms with Gasteiger partial charge in [0, 0.05) is 31.7 Å². The molecule has 0 saturated carbocycles. The molecular formula is C24H30O5. The first-order valence-electron chi connectivity index (χ1n) is 10.0. The van der Waals surface area contributed by atoms with E-state index in [1.54, 1.807) is 6.92 Å². The molecule has 29 heavy (non-hydrogen) atoms. The van der Waals surface area contributed by atoms with E-state index in [1.165, 1.54) is 13.8 Å². The van der Waals surface area contributed by atoms with Crippen LogP contribution in [0.4, 0.5) is 0 Å². The number of rotatable bonds is 7. The van der Waals surface area contributed by atoms with Gasteiger partial charge in [0.05, 0.1) is 0 Å². The first-order chi connectivity index (χ1) is 13.6. The van der Waals surface area contributed by atoms with Crippen molar-refractivity contribution in [3.05, 3.63) is 47.1 Å². The number of aryl methyl sites for hydroxylation is 1. The van der Waals surface area contributed by atoms with Crippen LogP contribution < -0.4 is 9.47 Å². The monoisotopic (exact) mass is 398 g/mol. The molecular weight excluding hydrogens is 368 g/mol. The van der Waals surface area contributed by atoms with Crippen LogP contribution in [-0.2, 0) is 20.8 Å². The van der Waals surface area contributed by atoms with E-state index in [1.807, 2.05) is 25.1 Å². The standard InChI is InChI=1S/C24H30O5/c1-7-8-9-18-11-22(28-16(5)25)24(23(12-18)29-17(6)26)20-10-15(4)21(27)13-19(20)14(2)3/h10-12,19-20H,2,7-9,13H2,1,3-6H3/t19-,20+/m0/s1. The van der Waals surface area contributed by atoms with Crippen LogP contribution in [0.3, 0.4) is 0 Å². The molecule has 0 saturated heterocycles. The number of hydrogen-bond acceptors (Lipinski definition) is 5. The molecule has 0 aliphatic heterocycles. The van der Waals surface area contributed by atoms with E-state index >= 15 is 0 Å². The summed E-state index contributed by atoms with van der Waals surface area (Å²) in [6.07, 6.45) is 4.94. The molecule has 1 aliphatic carbocycles. The molecule has 0 heterocycles. The second-order valence-corrected chi connectivity index (χ2v) is 7.75. The zero-order valence-corrected chi connectivity index (χ0v) is 18.0. The summed E-state index contributed by atoms with van der Waals surface area (Å²) in [4.78, 5) is 35.9. The molecule has 2 atom stereocenters. The Morgan fingerprint density at radius 3 is 2.10 bits per heavy atom. The Bertz CT molecular complexity index is 825. The average molecular weight is 398 g/mol. The van der Waals surface area contributed by atoms with Crippen LogP contribution in [0.1, 0.15) is 70.9 Å². The SMILES string of the molecule is C=C(C)[C@@H]1CC(=O)C(C)=C[C@H]1c1c(OC(C)=O)cc(CCCC)cc1OC(C)=O. The molecule has 0 N–H and O–H groups in total. The van der Waals surface area contributed by atoms with Crippen molar-refractivity contribution in [2.45, 2.75) is 66.2 Å². The molecule has 0 fully saturated rings. The highest BCUT2D eigenvalue weighted by Gasteiger charge is 2.34. The molecule has 0 bridgehead atoms. The molecule has 1 aromatic carbocycles. The van der Waals surface area contributed by atoms with Gasteiger partial charge in [-0.2, -0.15) is 0 Å². The van der Waals surface area contributed by atoms with Crippen molar-refractivity contribution < 1.29 is 23.9 Å². The molecule has 1 aliphatic rings. The smallest absolute Gasteiger partial charge is 0.308 e. The van der Waals surface area contributed by atoms with Crippen LogP contribution in [0, 0.1) is 5.92 Å². The van der Waals surface area contributed by atoms with Crippen molar-refractivity contribution in [3.8, 4) is 11.5 Å². The van der Waals surface area contributed by atoms with Gasteiger partial charge >= 0.3 is 11.9 Å². The minimum absolute atomic E-state index is 0.0666. The van der Waals surface area contributed by atoms with Gasteiger partial charge < -0.3 is 9.47 Å². The number of ether oxygens (including phenoxy) is 2. The Labute approximate surface area is 172 Å². The normalized spacial score (nSPS) is 18.8. The fourth-order valence-corrected chi connectivity index (χ4v) is 3.72. The quantitative estimate of drug-likeness (QED) is 0.364. The maximum absolute atomic E-state index is 12.3. The molecule has 156 valence electrons. The minimum Gasteiger partial charge on any atom is -0.426 e. The Kier molecular flexibility index (Phi) is 7.54. The van der Waals surface area contributed by atoms with Crippen LogP contribution in [0.25, 0.3) is 0 Å². The van der Waals surface area contributed by atoms with Crippen molar-refractivity contribution >= 4 is 17.7 Å². The zero-order chi connectivity index (χ0) is 21.7. The number of unbranched alkanes of at least 4 members (excludes halogenated alkanes) is 1. The molecule has 0 amide bonds. The molecule has 5 nitrogen and oxygen atoms in total. The lowest BCUT2D eigenvalue weighted by Crippen LogP contribution is -2.24. The summed E-state index contributed by atoms with van der Waals surface area (Å²) < 4.78 is 11.1. The highest BCUT2D eigenvalue weighted by atomic mass is 16.5. The predicted molar refractivity (Wildman–Crippen MR) is 112 cm³/mol. The number of hydrogen-bond donors (Lipinski definition) is 0. The van der Waals surface area contributed by atoms with E-state index in [-0.39, 0.29) is 17.6 Å². The van der Waals surface area contributed by atoms with E-state index in [2.05, 4.69) is 13.5 Å². The van der Waals surface area contributed by atoms with Gasteiger partial charge in [-0.05, 0) is 55.9 Å². The first kappa shape index (κ1) is 22.6. The summed E-state index contributed by atoms with van der Waals surface area (Å²) in [5.74, 6) is -0.546. The van der Waals surface area contributed by atoms with Gasteiger partial charge in [0.15, 0.2) is 5.78 Å². The third-order valence-corrected chi connectivity index (χ3v) is 5.16. The molecule has 2 rings (SSSR count). The number of benzene rings is 1. The number of carbonyl (C=O) groups excluding carboxylic acids is 3. The fourth-order valence-electron chi connectivity index (χ4n) is 3.72. The van der Waals surface area contributed by atoms with Crippen molar-refractivity contribution in [1.82, 2.24) is 0 Å². The molecule has 0 radical (unpaired) electrons. The van der Waals surface area contributed by atoms with E-state index in [4.69, 9.17) is 9.47 Å². The lowest BCUT2D eigenvalue weighted by molar-refractivity contribution is -0.132. The lowest BCUT2D eigenvalue weighted by Gasteiger charge is -2.31. The topological polar surface area (TPSA) is 69.7 Å². The van der Waals surface area contributed by atoms with Gasteiger partial charge in [-0.25, -0.2) is 0 Å². The summed E-state index contributed by atoms with van der Waals surface area (Å²) in [5.41, 5.74) is 3.04. The Morgan fingerprint density at radius 1 is 1.10 bits per heavy atom. The van der Waals surface area contributed by atoms with Gasteiger partial charge in [-0.15, -0.1) is 0 Å². The number of Topliss-reactive ketones (excluding diaryl/α,β-unsaturated/α-hetero) is 1. The van der Waals surface area contributed by atoms with Gasteiger partial charge in [0.25, 0.3) is 0 Å². The fraction of sp³-hybridized carbons (Fsp3) is 0.458. The number of carbonyl (C=O) groups is 3. The summed E-state index contributed by atoms with van der Waals surface area (Å²) in [6.45, 7) is 12.5. The summed E-state index contributed by atoms with van der Waals surface area (Å²) in [7, 11) is 0. The highest BCUT2D eigenvalue weighted by Crippen LogP contribution is 2.46. The number of allylic oxidation sites excluding steroid dienone is 3. The zero-order valence-electron chi connectivity index (χ0n) is 18.0. The van der Waals surface area contributed by atoms with E-state index in [0.717, 1.165) is 30.4 Å². The van der Waals surface area contributed by atoms with E-state index < -0.39 is 11.9 Å².